The Balaban J connectivity index is 2.19. The molecule has 0 aromatic heterocycles. The molecular weight excluding hydrogens is 326 g/mol. The summed E-state index contributed by atoms with van der Waals surface area (Å²) in [7, 11) is -0.710. The topological polar surface area (TPSA) is 78.8 Å². The van der Waals surface area contributed by atoms with Gasteiger partial charge in [-0.15, -0.1) is 0 Å². The van der Waals surface area contributed by atoms with Gasteiger partial charge in [0.15, 0.2) is 0 Å². The van der Waals surface area contributed by atoms with E-state index in [4.69, 9.17) is 0 Å². The normalized spacial score (nSPS) is 12.2. The largest absolute Gasteiger partial charge is 0.271 e. The average molecular weight is 345 g/mol. The number of sulfonamides is 1. The van der Waals surface area contributed by atoms with Gasteiger partial charge in [-0.05, 0) is 30.7 Å². The lowest BCUT2D eigenvalue weighted by atomic mass is 10.1. The van der Waals surface area contributed by atoms with Crippen molar-refractivity contribution in [2.45, 2.75) is 11.8 Å². The van der Waals surface area contributed by atoms with Gasteiger partial charge in [0, 0.05) is 19.7 Å². The molecule has 0 aliphatic carbocycles. The summed E-state index contributed by atoms with van der Waals surface area (Å²) in [6.45, 7) is 1.78. The molecule has 0 unspecified atom stereocenters. The molecule has 0 aliphatic heterocycles. The van der Waals surface area contributed by atoms with Crippen LogP contribution in [-0.2, 0) is 10.0 Å². The second kappa shape index (κ2) is 7.37. The molecule has 6 nitrogen and oxygen atoms in total. The zero-order chi connectivity index (χ0) is 17.7. The van der Waals surface area contributed by atoms with Crippen molar-refractivity contribution in [2.24, 2.45) is 5.10 Å². The monoisotopic (exact) mass is 345 g/mol. The van der Waals surface area contributed by atoms with E-state index in [-0.39, 0.29) is 10.5 Å². The van der Waals surface area contributed by atoms with Gasteiger partial charge < -0.3 is 0 Å². The van der Waals surface area contributed by atoms with Crippen molar-refractivity contribution < 1.29 is 13.2 Å². The highest BCUT2D eigenvalue weighted by molar-refractivity contribution is 7.89. The number of carbonyl (C=O) groups is 1. The van der Waals surface area contributed by atoms with Crippen molar-refractivity contribution in [3.8, 4) is 0 Å². The van der Waals surface area contributed by atoms with E-state index in [2.05, 4.69) is 10.5 Å². The van der Waals surface area contributed by atoms with Gasteiger partial charge in [-0.1, -0.05) is 36.4 Å². The number of carbonyl (C=O) groups excluding carboxylic acids is 1. The Hall–Kier alpha value is -2.51. The first-order chi connectivity index (χ1) is 11.3. The molecule has 0 spiro atoms. The van der Waals surface area contributed by atoms with Crippen LogP contribution in [0.15, 0.2) is 64.6 Å². The zero-order valence-electron chi connectivity index (χ0n) is 13.7. The fraction of sp³-hybridized carbons (Fsp3) is 0.176. The molecular formula is C17H19N3O3S. The van der Waals surface area contributed by atoms with Crippen molar-refractivity contribution in [1.29, 1.82) is 0 Å². The van der Waals surface area contributed by atoms with Crippen LogP contribution in [0.25, 0.3) is 0 Å². The number of amides is 1. The Morgan fingerprint density at radius 1 is 1.00 bits per heavy atom. The highest BCUT2D eigenvalue weighted by atomic mass is 32.2. The number of rotatable bonds is 5. The minimum Gasteiger partial charge on any atom is -0.267 e. The van der Waals surface area contributed by atoms with Gasteiger partial charge in [-0.25, -0.2) is 18.1 Å². The number of nitrogens with one attached hydrogen (secondary N) is 1. The quantitative estimate of drug-likeness (QED) is 0.666. The molecule has 2 aromatic rings. The Kier molecular flexibility index (Phi) is 5.48. The smallest absolute Gasteiger partial charge is 0.267 e. The van der Waals surface area contributed by atoms with Gasteiger partial charge in [0.2, 0.25) is 10.0 Å². The van der Waals surface area contributed by atoms with Crippen LogP contribution < -0.4 is 5.43 Å². The van der Waals surface area contributed by atoms with Crippen LogP contribution in [-0.4, -0.2) is 38.4 Å². The van der Waals surface area contributed by atoms with E-state index in [1.807, 2.05) is 30.3 Å². The zero-order valence-corrected chi connectivity index (χ0v) is 14.5. The molecule has 2 rings (SSSR count). The predicted molar refractivity (Wildman–Crippen MR) is 93.4 cm³/mol. The Morgan fingerprint density at radius 3 is 2.25 bits per heavy atom. The highest BCUT2D eigenvalue weighted by Crippen LogP contribution is 2.14. The molecule has 24 heavy (non-hydrogen) atoms. The van der Waals surface area contributed by atoms with Crippen molar-refractivity contribution in [2.75, 3.05) is 14.1 Å². The SMILES string of the molecule is C/C(=N/NC(=O)c1cccc(S(=O)(=O)N(C)C)c1)c1ccccc1. The summed E-state index contributed by atoms with van der Waals surface area (Å²) in [6.07, 6.45) is 0. The molecule has 0 atom stereocenters. The lowest BCUT2D eigenvalue weighted by molar-refractivity contribution is 0.0954. The fourth-order valence-electron chi connectivity index (χ4n) is 1.95. The summed E-state index contributed by atoms with van der Waals surface area (Å²) >= 11 is 0. The van der Waals surface area contributed by atoms with Gasteiger partial charge in [0.1, 0.15) is 0 Å². The summed E-state index contributed by atoms with van der Waals surface area (Å²) < 4.78 is 25.3. The summed E-state index contributed by atoms with van der Waals surface area (Å²) in [5.74, 6) is -0.471. The molecule has 0 aliphatic rings. The van der Waals surface area contributed by atoms with Crippen LogP contribution in [0, 0.1) is 0 Å². The van der Waals surface area contributed by atoms with E-state index < -0.39 is 15.9 Å². The molecule has 1 amide bonds. The summed E-state index contributed by atoms with van der Waals surface area (Å²) in [5.41, 5.74) is 4.21. The maximum Gasteiger partial charge on any atom is 0.271 e. The van der Waals surface area contributed by atoms with Crippen molar-refractivity contribution in [1.82, 2.24) is 9.73 Å². The molecule has 0 saturated carbocycles. The predicted octanol–water partition coefficient (Wildman–Crippen LogP) is 2.09. The Labute approximate surface area is 141 Å². The molecule has 1 N–H and O–H groups in total. The second-order valence-electron chi connectivity index (χ2n) is 5.32. The standard InChI is InChI=1S/C17H19N3O3S/c1-13(14-8-5-4-6-9-14)18-19-17(21)15-10-7-11-16(12-15)24(22,23)20(2)3/h4-12H,1-3H3,(H,19,21)/b18-13-. The first-order valence-electron chi connectivity index (χ1n) is 7.25. The number of hydrogen-bond donors (Lipinski definition) is 1. The van der Waals surface area contributed by atoms with E-state index in [1.54, 1.807) is 6.92 Å². The molecule has 0 radical (unpaired) electrons. The molecule has 2 aromatic carbocycles. The minimum atomic E-state index is -3.59. The van der Waals surface area contributed by atoms with E-state index in [1.165, 1.54) is 38.4 Å². The molecule has 0 heterocycles. The van der Waals surface area contributed by atoms with E-state index >= 15 is 0 Å². The maximum atomic E-state index is 12.2. The lowest BCUT2D eigenvalue weighted by Crippen LogP contribution is -2.23. The van der Waals surface area contributed by atoms with Gasteiger partial charge in [-0.3, -0.25) is 4.79 Å². The average Bonchev–Trinajstić information content (AvgIpc) is 2.60. The first-order valence-corrected chi connectivity index (χ1v) is 8.69. The third-order valence-corrected chi connectivity index (χ3v) is 5.20. The lowest BCUT2D eigenvalue weighted by Gasteiger charge is -2.12. The van der Waals surface area contributed by atoms with Gasteiger partial charge >= 0.3 is 0 Å². The van der Waals surface area contributed by atoms with Crippen LogP contribution in [0.3, 0.4) is 0 Å². The van der Waals surface area contributed by atoms with Crippen LogP contribution in [0.5, 0.6) is 0 Å². The third-order valence-electron chi connectivity index (χ3n) is 3.39. The molecule has 0 fully saturated rings. The van der Waals surface area contributed by atoms with Gasteiger partial charge in [0.05, 0.1) is 10.6 Å². The van der Waals surface area contributed by atoms with Crippen LogP contribution >= 0.6 is 0 Å². The number of hydrazone groups is 1. The summed E-state index contributed by atoms with van der Waals surface area (Å²) in [4.78, 5) is 12.3. The van der Waals surface area contributed by atoms with E-state index in [9.17, 15) is 13.2 Å². The second-order valence-corrected chi connectivity index (χ2v) is 7.47. The van der Waals surface area contributed by atoms with Gasteiger partial charge in [-0.2, -0.15) is 5.10 Å². The van der Waals surface area contributed by atoms with E-state index in [0.29, 0.717) is 5.71 Å². The number of hydrogen-bond acceptors (Lipinski definition) is 4. The number of nitrogens with zero attached hydrogens (tertiary/aromatic N) is 2. The van der Waals surface area contributed by atoms with Crippen LogP contribution in [0.2, 0.25) is 0 Å². The molecule has 7 heteroatoms. The van der Waals surface area contributed by atoms with Crippen molar-refractivity contribution in [3.63, 3.8) is 0 Å². The van der Waals surface area contributed by atoms with Crippen LogP contribution in [0.4, 0.5) is 0 Å². The maximum absolute atomic E-state index is 12.2. The molecule has 0 saturated heterocycles. The van der Waals surface area contributed by atoms with Crippen molar-refractivity contribution in [3.05, 3.63) is 65.7 Å². The third kappa shape index (κ3) is 4.06. The molecule has 126 valence electrons. The number of benzene rings is 2. The Morgan fingerprint density at radius 2 is 1.62 bits per heavy atom. The summed E-state index contributed by atoms with van der Waals surface area (Å²) in [5, 5.41) is 4.05. The van der Waals surface area contributed by atoms with Crippen molar-refractivity contribution >= 4 is 21.6 Å². The Bertz CT molecular complexity index is 860. The van der Waals surface area contributed by atoms with E-state index in [0.717, 1.165) is 9.87 Å². The minimum absolute atomic E-state index is 0.0592. The van der Waals surface area contributed by atoms with Gasteiger partial charge in [0.25, 0.3) is 5.91 Å². The molecule has 0 bridgehead atoms. The fourth-order valence-corrected chi connectivity index (χ4v) is 2.90. The summed E-state index contributed by atoms with van der Waals surface area (Å²) in [6, 6.07) is 15.3. The highest BCUT2D eigenvalue weighted by Gasteiger charge is 2.18. The van der Waals surface area contributed by atoms with Crippen LogP contribution in [0.1, 0.15) is 22.8 Å². The first kappa shape index (κ1) is 17.8.